The fourth-order valence-corrected chi connectivity index (χ4v) is 5.62. The highest BCUT2D eigenvalue weighted by Gasteiger charge is 2.38. The second-order valence-electron chi connectivity index (χ2n) is 8.73. The number of methoxy groups -OCH3 is 2. The molecule has 0 saturated carbocycles. The Morgan fingerprint density at radius 1 is 0.974 bits per heavy atom. The molecule has 5 rings (SSSR count). The highest BCUT2D eigenvalue weighted by atomic mass is 32.2. The number of rotatable bonds is 7. The highest BCUT2D eigenvalue weighted by molar-refractivity contribution is 7.90. The Kier molecular flexibility index (Phi) is 7.06. The Bertz CT molecular complexity index is 1590. The second kappa shape index (κ2) is 10.4. The predicted octanol–water partition coefficient (Wildman–Crippen LogP) is 3.47. The smallest absolute Gasteiger partial charge is 0.285 e. The molecule has 1 N–H and O–H groups in total. The molecule has 1 aromatic carbocycles. The van der Waals surface area contributed by atoms with Gasteiger partial charge >= 0.3 is 0 Å². The molecule has 1 aliphatic rings. The number of fused-ring (bicyclic) bond motifs is 1. The number of hydrogen-bond acceptors (Lipinski definition) is 9. The van der Waals surface area contributed by atoms with Crippen molar-refractivity contribution in [3.8, 4) is 17.0 Å². The van der Waals surface area contributed by atoms with E-state index in [1.165, 1.54) is 19.2 Å². The van der Waals surface area contributed by atoms with E-state index in [4.69, 9.17) is 14.2 Å². The van der Waals surface area contributed by atoms with Gasteiger partial charge in [-0.2, -0.15) is 8.42 Å². The third-order valence-electron chi connectivity index (χ3n) is 6.59. The summed E-state index contributed by atoms with van der Waals surface area (Å²) in [6, 6.07) is 17.4. The lowest BCUT2D eigenvalue weighted by Crippen LogP contribution is -2.37. The minimum Gasteiger partial charge on any atom is -0.494 e. The van der Waals surface area contributed by atoms with Crippen molar-refractivity contribution in [3.63, 3.8) is 0 Å². The average molecular weight is 535 g/mol. The molecule has 0 radical (unpaired) electrons. The topological polar surface area (TPSA) is 130 Å². The first-order valence-electron chi connectivity index (χ1n) is 11.9. The first kappa shape index (κ1) is 25.7. The van der Waals surface area contributed by atoms with Crippen molar-refractivity contribution in [1.29, 1.82) is 0 Å². The molecule has 4 heterocycles. The molecule has 0 atom stereocenters. The number of amides is 1. The van der Waals surface area contributed by atoms with Crippen molar-refractivity contribution in [3.05, 3.63) is 78.2 Å². The van der Waals surface area contributed by atoms with Crippen LogP contribution in [-0.4, -0.2) is 56.7 Å². The molecule has 0 spiro atoms. The Morgan fingerprint density at radius 3 is 2.50 bits per heavy atom. The Hall–Kier alpha value is -3.93. The van der Waals surface area contributed by atoms with Crippen LogP contribution in [0, 0.1) is 0 Å². The van der Waals surface area contributed by atoms with Gasteiger partial charge in [-0.15, -0.1) is 0 Å². The summed E-state index contributed by atoms with van der Waals surface area (Å²) < 4.78 is 45.2. The zero-order valence-corrected chi connectivity index (χ0v) is 21.7. The van der Waals surface area contributed by atoms with Crippen molar-refractivity contribution >= 4 is 26.8 Å². The van der Waals surface area contributed by atoms with Crippen LogP contribution in [0.1, 0.15) is 29.0 Å². The minimum absolute atomic E-state index is 0.00108. The summed E-state index contributed by atoms with van der Waals surface area (Å²) in [4.78, 5) is 26.2. The molecular weight excluding hydrogens is 508 g/mol. The van der Waals surface area contributed by atoms with E-state index < -0.39 is 26.6 Å². The number of pyridine rings is 3. The van der Waals surface area contributed by atoms with Crippen molar-refractivity contribution in [2.75, 3.05) is 27.4 Å². The number of nitrogens with zero attached hydrogens (tertiary/aromatic N) is 3. The second-order valence-corrected chi connectivity index (χ2v) is 10.3. The summed E-state index contributed by atoms with van der Waals surface area (Å²) in [6.45, 7) is 0.909. The van der Waals surface area contributed by atoms with Crippen LogP contribution in [0.15, 0.2) is 71.9 Å². The van der Waals surface area contributed by atoms with E-state index in [1.807, 2.05) is 24.3 Å². The molecule has 1 amide bonds. The standard InChI is InChI=1S/C27H26N4O6S/c1-35-23-11-12-24(27(36-2)13-16-37-17-14-27)30-26(23)38(33,34)31-25(32)22-10-9-19-18(6-5-8-21(19)29-22)20-7-3-4-15-28-20/h3-12,15H,13-14,16-17H2,1-2H3,(H,31,32). The first-order chi connectivity index (χ1) is 18.4. The number of sulfonamides is 1. The number of ether oxygens (including phenoxy) is 3. The largest absolute Gasteiger partial charge is 0.494 e. The highest BCUT2D eigenvalue weighted by Crippen LogP contribution is 2.36. The summed E-state index contributed by atoms with van der Waals surface area (Å²) in [7, 11) is -1.53. The molecule has 196 valence electrons. The van der Waals surface area contributed by atoms with Crippen LogP contribution in [0.4, 0.5) is 0 Å². The van der Waals surface area contributed by atoms with Gasteiger partial charge in [0.25, 0.3) is 15.9 Å². The van der Waals surface area contributed by atoms with Gasteiger partial charge in [-0.1, -0.05) is 18.2 Å². The van der Waals surface area contributed by atoms with Gasteiger partial charge in [0.15, 0.2) is 5.75 Å². The third-order valence-corrected chi connectivity index (χ3v) is 7.85. The number of aromatic nitrogens is 3. The van der Waals surface area contributed by atoms with E-state index in [2.05, 4.69) is 19.7 Å². The summed E-state index contributed by atoms with van der Waals surface area (Å²) in [5.41, 5.74) is 1.69. The fraction of sp³-hybridized carbons (Fsp3) is 0.259. The van der Waals surface area contributed by atoms with E-state index in [0.717, 1.165) is 16.6 Å². The lowest BCUT2D eigenvalue weighted by atomic mass is 9.90. The average Bonchev–Trinajstić information content (AvgIpc) is 2.96. The van der Waals surface area contributed by atoms with E-state index >= 15 is 0 Å². The van der Waals surface area contributed by atoms with Gasteiger partial charge < -0.3 is 14.2 Å². The molecule has 1 saturated heterocycles. The van der Waals surface area contributed by atoms with Gasteiger partial charge in [-0.05, 0) is 42.5 Å². The van der Waals surface area contributed by atoms with Gasteiger partial charge in [-0.25, -0.2) is 14.7 Å². The maximum atomic E-state index is 13.4. The predicted molar refractivity (Wildman–Crippen MR) is 139 cm³/mol. The van der Waals surface area contributed by atoms with Gasteiger partial charge in [0.2, 0.25) is 5.03 Å². The number of benzene rings is 1. The van der Waals surface area contributed by atoms with Gasteiger partial charge in [-0.3, -0.25) is 9.78 Å². The fourth-order valence-electron chi connectivity index (χ4n) is 4.54. The Morgan fingerprint density at radius 2 is 1.79 bits per heavy atom. The van der Waals surface area contributed by atoms with Gasteiger partial charge in [0.1, 0.15) is 11.3 Å². The van der Waals surface area contributed by atoms with Crippen LogP contribution in [0.25, 0.3) is 22.2 Å². The maximum absolute atomic E-state index is 13.4. The molecule has 4 aromatic rings. The number of carbonyl (C=O) groups excluding carboxylic acids is 1. The molecule has 10 nitrogen and oxygen atoms in total. The van der Waals surface area contributed by atoms with Crippen molar-refractivity contribution in [2.24, 2.45) is 0 Å². The molecule has 0 bridgehead atoms. The zero-order valence-electron chi connectivity index (χ0n) is 20.9. The van der Waals surface area contributed by atoms with E-state index in [1.54, 1.807) is 37.6 Å². The SMILES string of the molecule is COc1ccc(C2(OC)CCOCC2)nc1S(=O)(=O)NC(=O)c1ccc2c(-c3ccccn3)cccc2n1. The molecule has 1 fully saturated rings. The minimum atomic E-state index is -4.42. The molecule has 0 unspecified atom stereocenters. The number of carbonyl (C=O) groups is 1. The van der Waals surface area contributed by atoms with E-state index in [9.17, 15) is 13.2 Å². The monoisotopic (exact) mass is 534 g/mol. The molecule has 1 aliphatic heterocycles. The van der Waals surface area contributed by atoms with Crippen LogP contribution in [0.5, 0.6) is 5.75 Å². The number of hydrogen-bond donors (Lipinski definition) is 1. The molecule has 11 heteroatoms. The van der Waals surface area contributed by atoms with Crippen molar-refractivity contribution in [1.82, 2.24) is 19.7 Å². The molecular formula is C27H26N4O6S. The molecule has 38 heavy (non-hydrogen) atoms. The zero-order chi connectivity index (χ0) is 26.8. The van der Waals surface area contributed by atoms with Crippen LogP contribution >= 0.6 is 0 Å². The van der Waals surface area contributed by atoms with Crippen LogP contribution < -0.4 is 9.46 Å². The van der Waals surface area contributed by atoms with Crippen LogP contribution in [-0.2, 0) is 25.1 Å². The molecule has 0 aliphatic carbocycles. The van der Waals surface area contributed by atoms with Crippen LogP contribution in [0.3, 0.4) is 0 Å². The maximum Gasteiger partial charge on any atom is 0.285 e. The molecule has 3 aromatic heterocycles. The summed E-state index contributed by atoms with van der Waals surface area (Å²) >= 11 is 0. The van der Waals surface area contributed by atoms with Gasteiger partial charge in [0, 0.05) is 50.3 Å². The van der Waals surface area contributed by atoms with Gasteiger partial charge in [0.05, 0.1) is 24.0 Å². The quantitative estimate of drug-likeness (QED) is 0.379. The summed E-state index contributed by atoms with van der Waals surface area (Å²) in [6.07, 6.45) is 2.72. The lowest BCUT2D eigenvalue weighted by Gasteiger charge is -2.35. The van der Waals surface area contributed by atoms with E-state index in [0.29, 0.717) is 37.3 Å². The lowest BCUT2D eigenvalue weighted by molar-refractivity contribution is -0.0976. The Balaban J connectivity index is 1.46. The summed E-state index contributed by atoms with van der Waals surface area (Å²) in [5.74, 6) is -0.893. The van der Waals surface area contributed by atoms with Crippen molar-refractivity contribution < 1.29 is 27.4 Å². The Labute approximate surface area is 220 Å². The summed E-state index contributed by atoms with van der Waals surface area (Å²) in [5, 5.41) is 0.370. The number of nitrogens with one attached hydrogen (secondary N) is 1. The van der Waals surface area contributed by atoms with Crippen molar-refractivity contribution in [2.45, 2.75) is 23.5 Å². The van der Waals surface area contributed by atoms with E-state index in [-0.39, 0.29) is 11.4 Å². The van der Waals surface area contributed by atoms with Crippen LogP contribution in [0.2, 0.25) is 0 Å². The third kappa shape index (κ3) is 4.83. The first-order valence-corrected chi connectivity index (χ1v) is 13.4. The normalized spacial score (nSPS) is 15.2.